The maximum Gasteiger partial charge on any atom is 0.308 e. The molecule has 1 aliphatic rings. The number of carbonyl (C=O) groups is 2. The molecule has 2 heterocycles. The Morgan fingerprint density at radius 2 is 2.16 bits per heavy atom. The summed E-state index contributed by atoms with van der Waals surface area (Å²) in [6.45, 7) is 1.78. The van der Waals surface area contributed by atoms with E-state index >= 15 is 0 Å². The summed E-state index contributed by atoms with van der Waals surface area (Å²) in [4.78, 5) is 28.3. The molecule has 25 heavy (non-hydrogen) atoms. The molecule has 0 radical (unpaired) electrons. The highest BCUT2D eigenvalue weighted by molar-refractivity contribution is 5.79. The maximum absolute atomic E-state index is 12.4. The summed E-state index contributed by atoms with van der Waals surface area (Å²) in [7, 11) is 1.32. The van der Waals surface area contributed by atoms with Gasteiger partial charge in [0, 0.05) is 38.1 Å². The van der Waals surface area contributed by atoms with Crippen molar-refractivity contribution in [2.24, 2.45) is 10.2 Å². The number of nitrogens with zero attached hydrogens (tertiary/aromatic N) is 3. The summed E-state index contributed by atoms with van der Waals surface area (Å²) in [5, 5.41) is 11.0. The minimum Gasteiger partial charge on any atom is -0.469 e. The summed E-state index contributed by atoms with van der Waals surface area (Å²) in [5.41, 5.74) is -0.671. The van der Waals surface area contributed by atoms with E-state index in [1.54, 1.807) is 25.4 Å². The molecule has 0 aliphatic carbocycles. The summed E-state index contributed by atoms with van der Waals surface area (Å²) in [5.74, 6) is 1.96. The third kappa shape index (κ3) is 5.11. The fraction of sp³-hybridized carbons (Fsp3) is 0.500. The van der Waals surface area contributed by atoms with Gasteiger partial charge in [0.1, 0.15) is 0 Å². The zero-order valence-corrected chi connectivity index (χ0v) is 14.5. The van der Waals surface area contributed by atoms with Gasteiger partial charge >= 0.3 is 5.97 Å². The third-order valence-electron chi connectivity index (χ3n) is 4.24. The topological polar surface area (TPSA) is 93.0 Å². The zero-order valence-electron chi connectivity index (χ0n) is 14.5. The van der Waals surface area contributed by atoms with E-state index in [4.69, 9.17) is 11.2 Å². The first-order valence-corrected chi connectivity index (χ1v) is 8.09. The molecule has 1 unspecified atom stereocenters. The highest BCUT2D eigenvalue weighted by Gasteiger charge is 2.40. The average molecular weight is 342 g/mol. The van der Waals surface area contributed by atoms with Gasteiger partial charge < -0.3 is 10.1 Å². The molecule has 0 aromatic carbocycles. The molecule has 0 bridgehead atoms. The van der Waals surface area contributed by atoms with E-state index < -0.39 is 17.2 Å². The van der Waals surface area contributed by atoms with Crippen molar-refractivity contribution in [2.75, 3.05) is 7.11 Å². The van der Waals surface area contributed by atoms with Crippen molar-refractivity contribution in [2.45, 2.75) is 50.2 Å². The number of aromatic nitrogens is 1. The molecule has 1 aromatic heterocycles. The number of amides is 1. The highest BCUT2D eigenvalue weighted by Crippen LogP contribution is 2.37. The normalized spacial score (nSPS) is 16.4. The largest absolute Gasteiger partial charge is 0.469 e. The molecule has 0 saturated heterocycles. The highest BCUT2D eigenvalue weighted by atomic mass is 16.5. The smallest absolute Gasteiger partial charge is 0.308 e. The molecule has 0 spiro atoms. The summed E-state index contributed by atoms with van der Waals surface area (Å²) >= 11 is 0. The van der Waals surface area contributed by atoms with Crippen molar-refractivity contribution in [3.05, 3.63) is 30.1 Å². The van der Waals surface area contributed by atoms with E-state index in [1.165, 1.54) is 7.11 Å². The predicted molar refractivity (Wildman–Crippen MR) is 91.3 cm³/mol. The van der Waals surface area contributed by atoms with Crippen LogP contribution in [0.15, 0.2) is 34.8 Å². The van der Waals surface area contributed by atoms with Crippen LogP contribution in [0.4, 0.5) is 0 Å². The first-order valence-electron chi connectivity index (χ1n) is 8.09. The molecule has 7 heteroatoms. The SMILES string of the molecule is C#CCCC1(CCC(=O)NC(C)(CC(=O)OC)c2cccnc2)N=N1. The minimum atomic E-state index is -0.901. The van der Waals surface area contributed by atoms with E-state index in [9.17, 15) is 9.59 Å². The molecular formula is C18H22N4O3. The summed E-state index contributed by atoms with van der Waals surface area (Å²) < 4.78 is 4.76. The number of esters is 1. The van der Waals surface area contributed by atoms with Crippen LogP contribution in [-0.4, -0.2) is 29.6 Å². The van der Waals surface area contributed by atoms with Crippen LogP contribution < -0.4 is 5.32 Å². The second-order valence-electron chi connectivity index (χ2n) is 6.26. The van der Waals surface area contributed by atoms with Crippen molar-refractivity contribution in [3.8, 4) is 12.3 Å². The zero-order chi connectivity index (χ0) is 18.3. The van der Waals surface area contributed by atoms with Gasteiger partial charge in [-0.1, -0.05) is 6.07 Å². The fourth-order valence-corrected chi connectivity index (χ4v) is 2.62. The second-order valence-corrected chi connectivity index (χ2v) is 6.26. The lowest BCUT2D eigenvalue weighted by atomic mass is 9.89. The Kier molecular flexibility index (Phi) is 5.86. The molecule has 0 saturated carbocycles. The molecule has 1 N–H and O–H groups in total. The Bertz CT molecular complexity index is 690. The molecular weight excluding hydrogens is 320 g/mol. The van der Waals surface area contributed by atoms with Crippen molar-refractivity contribution in [1.82, 2.24) is 10.3 Å². The van der Waals surface area contributed by atoms with Crippen molar-refractivity contribution in [3.63, 3.8) is 0 Å². The van der Waals surface area contributed by atoms with E-state index in [0.29, 0.717) is 19.3 Å². The van der Waals surface area contributed by atoms with Gasteiger partial charge in [0.05, 0.1) is 19.1 Å². The fourth-order valence-electron chi connectivity index (χ4n) is 2.62. The van der Waals surface area contributed by atoms with Gasteiger partial charge in [-0.25, -0.2) is 0 Å². The van der Waals surface area contributed by atoms with Crippen LogP contribution in [0.5, 0.6) is 0 Å². The number of ether oxygens (including phenoxy) is 1. The second kappa shape index (κ2) is 7.88. The van der Waals surface area contributed by atoms with Crippen LogP contribution in [0.1, 0.15) is 44.6 Å². The quantitative estimate of drug-likeness (QED) is 0.550. The Labute approximate surface area is 147 Å². The monoisotopic (exact) mass is 342 g/mol. The van der Waals surface area contributed by atoms with E-state index in [1.807, 2.05) is 6.07 Å². The van der Waals surface area contributed by atoms with Crippen molar-refractivity contribution >= 4 is 11.9 Å². The number of hydrogen-bond donors (Lipinski definition) is 1. The lowest BCUT2D eigenvalue weighted by Gasteiger charge is -2.30. The molecule has 132 valence electrons. The first kappa shape index (κ1) is 18.6. The molecule has 1 aromatic rings. The van der Waals surface area contributed by atoms with Crippen molar-refractivity contribution < 1.29 is 14.3 Å². The standard InChI is InChI=1S/C18H22N4O3/c1-4-5-9-18(21-22-18)10-8-15(23)20-17(2,12-16(24)25-3)14-7-6-11-19-13-14/h1,6-7,11,13H,5,8-10,12H2,2-3H3,(H,20,23). The van der Waals surface area contributed by atoms with Gasteiger partial charge in [-0.2, -0.15) is 10.2 Å². The Balaban J connectivity index is 2.00. The van der Waals surface area contributed by atoms with Crippen molar-refractivity contribution in [1.29, 1.82) is 0 Å². The summed E-state index contributed by atoms with van der Waals surface area (Å²) in [6, 6.07) is 3.57. The third-order valence-corrected chi connectivity index (χ3v) is 4.24. The average Bonchev–Trinajstić information content (AvgIpc) is 3.39. The molecule has 7 nitrogen and oxygen atoms in total. The Hall–Kier alpha value is -2.75. The number of terminal acetylenes is 1. The number of carbonyl (C=O) groups excluding carboxylic acids is 2. The molecule has 0 fully saturated rings. The van der Waals surface area contributed by atoms with Crippen LogP contribution in [0.3, 0.4) is 0 Å². The lowest BCUT2D eigenvalue weighted by molar-refractivity contribution is -0.142. The lowest BCUT2D eigenvalue weighted by Crippen LogP contribution is -2.45. The van der Waals surface area contributed by atoms with Crippen LogP contribution >= 0.6 is 0 Å². The number of pyridine rings is 1. The summed E-state index contributed by atoms with van der Waals surface area (Å²) in [6.07, 6.45) is 10.5. The van der Waals surface area contributed by atoms with E-state index in [-0.39, 0.29) is 18.7 Å². The van der Waals surface area contributed by atoms with Crippen LogP contribution in [0.2, 0.25) is 0 Å². The van der Waals surface area contributed by atoms with Gasteiger partial charge in [-0.3, -0.25) is 14.6 Å². The van der Waals surface area contributed by atoms with Gasteiger partial charge in [0.15, 0.2) is 5.66 Å². The first-order chi connectivity index (χ1) is 11.9. The van der Waals surface area contributed by atoms with E-state index in [0.717, 1.165) is 5.56 Å². The number of methoxy groups -OCH3 is 1. The predicted octanol–water partition coefficient (Wildman–Crippen LogP) is 2.33. The molecule has 1 aliphatic heterocycles. The van der Waals surface area contributed by atoms with Gasteiger partial charge in [0.25, 0.3) is 0 Å². The Morgan fingerprint density at radius 1 is 1.40 bits per heavy atom. The van der Waals surface area contributed by atoms with Gasteiger partial charge in [-0.15, -0.1) is 12.3 Å². The molecule has 1 atom stereocenters. The number of hydrogen-bond acceptors (Lipinski definition) is 6. The number of rotatable bonds is 9. The number of nitrogens with one attached hydrogen (secondary N) is 1. The van der Waals surface area contributed by atoms with Crippen LogP contribution in [0.25, 0.3) is 0 Å². The molecule has 2 rings (SSSR count). The maximum atomic E-state index is 12.4. The van der Waals surface area contributed by atoms with Gasteiger partial charge in [0.2, 0.25) is 5.91 Å². The van der Waals surface area contributed by atoms with Gasteiger partial charge in [-0.05, 0) is 18.6 Å². The van der Waals surface area contributed by atoms with E-state index in [2.05, 4.69) is 26.4 Å². The minimum absolute atomic E-state index is 0.0118. The van der Waals surface area contributed by atoms with Crippen LogP contribution in [0, 0.1) is 12.3 Å². The Morgan fingerprint density at radius 3 is 2.72 bits per heavy atom. The van der Waals surface area contributed by atoms with Crippen LogP contribution in [-0.2, 0) is 19.9 Å². The molecule has 1 amide bonds.